The Morgan fingerprint density at radius 1 is 1.00 bits per heavy atom. The van der Waals surface area contributed by atoms with Gasteiger partial charge in [0.05, 0.1) is 0 Å². The molecule has 2 amide bonds. The average molecular weight is 310 g/mol. The molecule has 23 heavy (non-hydrogen) atoms. The zero-order valence-corrected chi connectivity index (χ0v) is 13.2. The van der Waals surface area contributed by atoms with Crippen molar-refractivity contribution in [3.8, 4) is 0 Å². The molecule has 0 heterocycles. The van der Waals surface area contributed by atoms with E-state index in [1.807, 2.05) is 42.5 Å². The molecular formula is C19H22N2O2. The van der Waals surface area contributed by atoms with Crippen molar-refractivity contribution in [1.29, 1.82) is 0 Å². The van der Waals surface area contributed by atoms with E-state index in [0.717, 1.165) is 23.6 Å². The van der Waals surface area contributed by atoms with E-state index in [1.54, 1.807) is 0 Å². The van der Waals surface area contributed by atoms with Crippen LogP contribution >= 0.6 is 0 Å². The smallest absolute Gasteiger partial charge is 0.251 e. The highest BCUT2D eigenvalue weighted by Crippen LogP contribution is 2.17. The van der Waals surface area contributed by atoms with E-state index in [1.165, 1.54) is 12.8 Å². The number of nitrogens with one attached hydrogen (secondary N) is 2. The van der Waals surface area contributed by atoms with Gasteiger partial charge in [0, 0.05) is 24.6 Å². The van der Waals surface area contributed by atoms with Gasteiger partial charge in [-0.3, -0.25) is 9.59 Å². The van der Waals surface area contributed by atoms with E-state index in [4.69, 9.17) is 0 Å². The van der Waals surface area contributed by atoms with E-state index in [0.29, 0.717) is 24.6 Å². The highest BCUT2D eigenvalue weighted by molar-refractivity contribution is 5.98. The Kier molecular flexibility index (Phi) is 4.91. The molecule has 0 radical (unpaired) electrons. The van der Waals surface area contributed by atoms with Crippen LogP contribution in [0.2, 0.25) is 0 Å². The van der Waals surface area contributed by atoms with Crippen LogP contribution in [0.15, 0.2) is 42.5 Å². The van der Waals surface area contributed by atoms with Crippen molar-refractivity contribution in [2.75, 3.05) is 6.54 Å². The molecule has 0 saturated heterocycles. The molecular weight excluding hydrogens is 288 g/mol. The first kappa shape index (κ1) is 15.5. The van der Waals surface area contributed by atoms with Crippen LogP contribution in [-0.2, 0) is 4.79 Å². The summed E-state index contributed by atoms with van der Waals surface area (Å²) < 4.78 is 0. The van der Waals surface area contributed by atoms with Crippen molar-refractivity contribution in [3.05, 3.63) is 48.0 Å². The van der Waals surface area contributed by atoms with E-state index >= 15 is 0 Å². The van der Waals surface area contributed by atoms with Crippen molar-refractivity contribution >= 4 is 22.6 Å². The Morgan fingerprint density at radius 2 is 1.74 bits per heavy atom. The summed E-state index contributed by atoms with van der Waals surface area (Å²) >= 11 is 0. The number of amides is 2. The van der Waals surface area contributed by atoms with Gasteiger partial charge in [-0.05, 0) is 35.7 Å². The highest BCUT2D eigenvalue weighted by atomic mass is 16.2. The lowest BCUT2D eigenvalue weighted by atomic mass is 10.1. The molecule has 2 aromatic carbocycles. The molecule has 120 valence electrons. The molecule has 2 N–H and O–H groups in total. The number of carbonyl (C=O) groups excluding carboxylic acids is 2. The number of hydrogen-bond donors (Lipinski definition) is 2. The predicted octanol–water partition coefficient (Wildman–Crippen LogP) is 3.02. The number of hydrogen-bond acceptors (Lipinski definition) is 2. The number of carbonyl (C=O) groups is 2. The summed E-state index contributed by atoms with van der Waals surface area (Å²) in [5.74, 6) is -0.111. The SMILES string of the molecule is O=C(CCNC(=O)c1ccc2ccccc2c1)NC1CCCC1. The third-order valence-electron chi connectivity index (χ3n) is 4.37. The summed E-state index contributed by atoms with van der Waals surface area (Å²) in [5.41, 5.74) is 0.625. The molecule has 2 aromatic rings. The van der Waals surface area contributed by atoms with Gasteiger partial charge in [0.25, 0.3) is 5.91 Å². The number of fused-ring (bicyclic) bond motifs is 1. The Labute approximate surface area is 136 Å². The van der Waals surface area contributed by atoms with Gasteiger partial charge in [0.1, 0.15) is 0 Å². The largest absolute Gasteiger partial charge is 0.353 e. The molecule has 0 aromatic heterocycles. The first-order valence-electron chi connectivity index (χ1n) is 8.29. The van der Waals surface area contributed by atoms with E-state index in [9.17, 15) is 9.59 Å². The Hall–Kier alpha value is -2.36. The Balaban J connectivity index is 1.49. The molecule has 0 aliphatic heterocycles. The van der Waals surface area contributed by atoms with Crippen molar-refractivity contribution in [1.82, 2.24) is 10.6 Å². The van der Waals surface area contributed by atoms with Crippen molar-refractivity contribution < 1.29 is 9.59 Å². The fourth-order valence-corrected chi connectivity index (χ4v) is 3.09. The van der Waals surface area contributed by atoms with E-state index < -0.39 is 0 Å². The topological polar surface area (TPSA) is 58.2 Å². The first-order valence-corrected chi connectivity index (χ1v) is 8.29. The summed E-state index contributed by atoms with van der Waals surface area (Å²) in [6.07, 6.45) is 4.88. The highest BCUT2D eigenvalue weighted by Gasteiger charge is 2.16. The molecule has 1 saturated carbocycles. The maximum Gasteiger partial charge on any atom is 0.251 e. The maximum atomic E-state index is 12.2. The van der Waals surface area contributed by atoms with Crippen LogP contribution in [0.25, 0.3) is 10.8 Å². The summed E-state index contributed by atoms with van der Waals surface area (Å²) in [6, 6.07) is 13.9. The average Bonchev–Trinajstić information content (AvgIpc) is 3.07. The third-order valence-corrected chi connectivity index (χ3v) is 4.37. The van der Waals surface area contributed by atoms with Crippen LogP contribution in [0.4, 0.5) is 0 Å². The van der Waals surface area contributed by atoms with Crippen LogP contribution in [0.1, 0.15) is 42.5 Å². The van der Waals surface area contributed by atoms with Crippen LogP contribution in [0.3, 0.4) is 0 Å². The van der Waals surface area contributed by atoms with E-state index in [-0.39, 0.29) is 11.8 Å². The van der Waals surface area contributed by atoms with Crippen LogP contribution in [0, 0.1) is 0 Å². The summed E-state index contributed by atoms with van der Waals surface area (Å²) in [4.78, 5) is 24.0. The van der Waals surface area contributed by atoms with Gasteiger partial charge in [-0.1, -0.05) is 43.2 Å². The summed E-state index contributed by atoms with van der Waals surface area (Å²) in [6.45, 7) is 0.365. The minimum atomic E-state index is -0.135. The molecule has 0 atom stereocenters. The second kappa shape index (κ2) is 7.27. The van der Waals surface area contributed by atoms with Crippen LogP contribution < -0.4 is 10.6 Å². The third kappa shape index (κ3) is 4.09. The maximum absolute atomic E-state index is 12.2. The van der Waals surface area contributed by atoms with Crippen molar-refractivity contribution in [3.63, 3.8) is 0 Å². The Morgan fingerprint density at radius 3 is 2.52 bits per heavy atom. The molecule has 1 aliphatic carbocycles. The van der Waals surface area contributed by atoms with Gasteiger partial charge in [-0.15, -0.1) is 0 Å². The zero-order chi connectivity index (χ0) is 16.1. The second-order valence-corrected chi connectivity index (χ2v) is 6.12. The molecule has 3 rings (SSSR count). The van der Waals surface area contributed by atoms with Gasteiger partial charge >= 0.3 is 0 Å². The fraction of sp³-hybridized carbons (Fsp3) is 0.368. The summed E-state index contributed by atoms with van der Waals surface area (Å²) in [5, 5.41) is 8.00. The minimum absolute atomic E-state index is 0.0238. The van der Waals surface area contributed by atoms with Gasteiger partial charge in [-0.25, -0.2) is 0 Å². The quantitative estimate of drug-likeness (QED) is 0.892. The lowest BCUT2D eigenvalue weighted by Crippen LogP contribution is -2.35. The lowest BCUT2D eigenvalue weighted by molar-refractivity contribution is -0.121. The van der Waals surface area contributed by atoms with Crippen molar-refractivity contribution in [2.24, 2.45) is 0 Å². The molecule has 0 bridgehead atoms. The lowest BCUT2D eigenvalue weighted by Gasteiger charge is -2.12. The zero-order valence-electron chi connectivity index (χ0n) is 13.2. The number of rotatable bonds is 5. The molecule has 4 heteroatoms. The van der Waals surface area contributed by atoms with Crippen molar-refractivity contribution in [2.45, 2.75) is 38.1 Å². The molecule has 1 aliphatic rings. The number of benzene rings is 2. The van der Waals surface area contributed by atoms with Crippen LogP contribution in [-0.4, -0.2) is 24.4 Å². The van der Waals surface area contributed by atoms with Gasteiger partial charge < -0.3 is 10.6 Å². The molecule has 1 fully saturated rings. The van der Waals surface area contributed by atoms with Gasteiger partial charge in [0.2, 0.25) is 5.91 Å². The first-order chi connectivity index (χ1) is 11.2. The summed E-state index contributed by atoms with van der Waals surface area (Å²) in [7, 11) is 0. The van der Waals surface area contributed by atoms with Gasteiger partial charge in [-0.2, -0.15) is 0 Å². The van der Waals surface area contributed by atoms with E-state index in [2.05, 4.69) is 10.6 Å². The monoisotopic (exact) mass is 310 g/mol. The normalized spacial score (nSPS) is 14.8. The molecule has 0 unspecified atom stereocenters. The molecule has 0 spiro atoms. The van der Waals surface area contributed by atoms with Crippen LogP contribution in [0.5, 0.6) is 0 Å². The van der Waals surface area contributed by atoms with Gasteiger partial charge in [0.15, 0.2) is 0 Å². The minimum Gasteiger partial charge on any atom is -0.353 e. The molecule has 4 nitrogen and oxygen atoms in total. The standard InChI is InChI=1S/C19H22N2O2/c22-18(21-17-7-3-4-8-17)11-12-20-19(23)16-10-9-14-5-1-2-6-15(14)13-16/h1-2,5-6,9-10,13,17H,3-4,7-8,11-12H2,(H,20,23)(H,21,22). The Bertz CT molecular complexity index is 705. The fourth-order valence-electron chi connectivity index (χ4n) is 3.09. The predicted molar refractivity (Wildman–Crippen MR) is 91.3 cm³/mol. The second-order valence-electron chi connectivity index (χ2n) is 6.12.